The van der Waals surface area contributed by atoms with Crippen molar-refractivity contribution in [1.29, 1.82) is 0 Å². The van der Waals surface area contributed by atoms with Gasteiger partial charge in [-0.05, 0) is 39.8 Å². The molecular weight excluding hydrogens is 338 g/mol. The number of nitrogens with one attached hydrogen (secondary N) is 1. The van der Waals surface area contributed by atoms with Crippen LogP contribution in [0.4, 0.5) is 0 Å². The maximum Gasteiger partial charge on any atom is 0.262 e. The summed E-state index contributed by atoms with van der Waals surface area (Å²) >= 11 is 1.32. The summed E-state index contributed by atoms with van der Waals surface area (Å²) in [6, 6.07) is 7.33. The first-order valence-corrected chi connectivity index (χ1v) is 8.88. The van der Waals surface area contributed by atoms with Crippen LogP contribution in [0.2, 0.25) is 0 Å². The molecule has 25 heavy (non-hydrogen) atoms. The lowest BCUT2D eigenvalue weighted by Crippen LogP contribution is -2.44. The Bertz CT molecular complexity index is 1020. The lowest BCUT2D eigenvalue weighted by molar-refractivity contribution is -0.121. The number of fused-ring (bicyclic) bond motifs is 3. The van der Waals surface area contributed by atoms with E-state index >= 15 is 0 Å². The molecule has 0 radical (unpaired) electrons. The van der Waals surface area contributed by atoms with Gasteiger partial charge in [0.2, 0.25) is 11.7 Å². The smallest absolute Gasteiger partial charge is 0.262 e. The van der Waals surface area contributed by atoms with Crippen molar-refractivity contribution in [2.24, 2.45) is 7.05 Å². The fourth-order valence-corrected chi connectivity index (χ4v) is 3.43. The van der Waals surface area contributed by atoms with Crippen LogP contribution in [0.5, 0.6) is 0 Å². The van der Waals surface area contributed by atoms with Crippen LogP contribution >= 0.6 is 11.8 Å². The predicted molar refractivity (Wildman–Crippen MR) is 98.9 cm³/mol. The fraction of sp³-hybridized carbons (Fsp3) is 0.412. The summed E-state index contributed by atoms with van der Waals surface area (Å²) < 4.78 is 3.29. The third-order valence-electron chi connectivity index (χ3n) is 3.75. The Morgan fingerprint density at radius 2 is 1.92 bits per heavy atom. The highest BCUT2D eigenvalue weighted by molar-refractivity contribution is 8.00. The van der Waals surface area contributed by atoms with Crippen molar-refractivity contribution in [3.63, 3.8) is 0 Å². The third-order valence-corrected chi connectivity index (χ3v) is 4.79. The summed E-state index contributed by atoms with van der Waals surface area (Å²) in [5.74, 6) is 0.387. The number of benzene rings is 1. The number of amides is 1. The minimum Gasteiger partial charge on any atom is -0.351 e. The monoisotopic (exact) mass is 359 g/mol. The molecule has 8 heteroatoms. The quantitative estimate of drug-likeness (QED) is 0.723. The lowest BCUT2D eigenvalue weighted by atomic mass is 10.1. The van der Waals surface area contributed by atoms with Gasteiger partial charge in [-0.3, -0.25) is 18.6 Å². The average molecular weight is 359 g/mol. The minimum atomic E-state index is -0.345. The van der Waals surface area contributed by atoms with Crippen LogP contribution in [-0.2, 0) is 11.8 Å². The van der Waals surface area contributed by atoms with Crippen LogP contribution < -0.4 is 10.9 Å². The van der Waals surface area contributed by atoms with Gasteiger partial charge in [0.05, 0.1) is 16.2 Å². The van der Waals surface area contributed by atoms with E-state index in [1.165, 1.54) is 16.3 Å². The van der Waals surface area contributed by atoms with E-state index in [0.29, 0.717) is 16.3 Å². The molecule has 0 fully saturated rings. The third kappa shape index (κ3) is 3.26. The van der Waals surface area contributed by atoms with Gasteiger partial charge in [-0.25, -0.2) is 0 Å². The van der Waals surface area contributed by atoms with E-state index in [1.807, 2.05) is 50.3 Å². The van der Waals surface area contributed by atoms with Gasteiger partial charge in [-0.2, -0.15) is 0 Å². The normalized spacial score (nSPS) is 13.3. The maximum atomic E-state index is 12.4. The van der Waals surface area contributed by atoms with Gasteiger partial charge in [0.1, 0.15) is 0 Å². The van der Waals surface area contributed by atoms with E-state index in [-0.39, 0.29) is 22.3 Å². The largest absolute Gasteiger partial charge is 0.351 e. The molecule has 132 valence electrons. The van der Waals surface area contributed by atoms with Gasteiger partial charge < -0.3 is 5.32 Å². The summed E-state index contributed by atoms with van der Waals surface area (Å²) in [6.45, 7) is 7.66. The Kier molecular flexibility index (Phi) is 4.32. The van der Waals surface area contributed by atoms with Crippen molar-refractivity contribution in [3.8, 4) is 0 Å². The van der Waals surface area contributed by atoms with Gasteiger partial charge >= 0.3 is 0 Å². The van der Waals surface area contributed by atoms with Crippen LogP contribution in [0, 0.1) is 0 Å². The highest BCUT2D eigenvalue weighted by Gasteiger charge is 2.23. The molecule has 1 amide bonds. The number of nitrogens with zero attached hydrogens (tertiary/aromatic N) is 4. The second-order valence-electron chi connectivity index (χ2n) is 7.00. The first-order chi connectivity index (χ1) is 11.7. The van der Waals surface area contributed by atoms with Crippen molar-refractivity contribution < 1.29 is 4.79 Å². The van der Waals surface area contributed by atoms with Crippen molar-refractivity contribution in [3.05, 3.63) is 34.6 Å². The van der Waals surface area contributed by atoms with Gasteiger partial charge in [0.15, 0.2) is 5.16 Å². The molecule has 0 saturated carbocycles. The summed E-state index contributed by atoms with van der Waals surface area (Å²) in [6.07, 6.45) is 0. The predicted octanol–water partition coefficient (Wildman–Crippen LogP) is 1.98. The van der Waals surface area contributed by atoms with Crippen LogP contribution in [0.3, 0.4) is 0 Å². The molecule has 0 aliphatic carbocycles. The molecule has 1 aromatic carbocycles. The van der Waals surface area contributed by atoms with Crippen molar-refractivity contribution in [2.45, 2.75) is 43.6 Å². The van der Waals surface area contributed by atoms with E-state index in [9.17, 15) is 9.59 Å². The molecule has 0 aliphatic rings. The van der Waals surface area contributed by atoms with Gasteiger partial charge in [0, 0.05) is 12.6 Å². The molecule has 0 aliphatic heterocycles. The molecule has 0 bridgehead atoms. The van der Waals surface area contributed by atoms with E-state index in [0.717, 1.165) is 5.52 Å². The van der Waals surface area contributed by atoms with Crippen molar-refractivity contribution in [2.75, 3.05) is 0 Å². The Balaban J connectivity index is 2.07. The Labute approximate surface area is 149 Å². The summed E-state index contributed by atoms with van der Waals surface area (Å²) in [5.41, 5.74) is 0.317. The van der Waals surface area contributed by atoms with Gasteiger partial charge in [0.25, 0.3) is 5.56 Å². The zero-order valence-corrected chi connectivity index (χ0v) is 15.7. The van der Waals surface area contributed by atoms with Crippen LogP contribution in [0.25, 0.3) is 16.7 Å². The highest BCUT2D eigenvalue weighted by Crippen LogP contribution is 2.25. The maximum absolute atomic E-state index is 12.4. The molecule has 0 spiro atoms. The second kappa shape index (κ2) is 6.18. The standard InChI is InChI=1S/C17H21N5O2S/c1-10(13(23)18-17(2,3)4)25-16-20-19-15-21(5)14(24)11-8-6-7-9-12(11)22(15)16/h6-10H,1-5H3,(H,18,23). The Hall–Kier alpha value is -2.35. The first-order valence-electron chi connectivity index (χ1n) is 8.00. The molecule has 1 atom stereocenters. The molecule has 3 aromatic rings. The second-order valence-corrected chi connectivity index (χ2v) is 8.31. The minimum absolute atomic E-state index is 0.0663. The topological polar surface area (TPSA) is 81.3 Å². The van der Waals surface area contributed by atoms with E-state index in [4.69, 9.17) is 0 Å². The van der Waals surface area contributed by atoms with Crippen molar-refractivity contribution in [1.82, 2.24) is 24.5 Å². The first kappa shape index (κ1) is 17.5. The lowest BCUT2D eigenvalue weighted by Gasteiger charge is -2.22. The number of carbonyl (C=O) groups excluding carboxylic acids is 1. The molecule has 7 nitrogen and oxygen atoms in total. The number of hydrogen-bond acceptors (Lipinski definition) is 5. The summed E-state index contributed by atoms with van der Waals surface area (Å²) in [7, 11) is 1.67. The molecule has 1 N–H and O–H groups in total. The van der Waals surface area contributed by atoms with E-state index in [1.54, 1.807) is 13.1 Å². The number of hydrogen-bond donors (Lipinski definition) is 1. The number of carbonyl (C=O) groups is 1. The molecular formula is C17H21N5O2S. The molecule has 2 aromatic heterocycles. The Morgan fingerprint density at radius 3 is 2.60 bits per heavy atom. The SMILES string of the molecule is CC(Sc1nnc2n(C)c(=O)c3ccccc3n12)C(=O)NC(C)(C)C. The van der Waals surface area contributed by atoms with Crippen LogP contribution in [-0.4, -0.2) is 35.9 Å². The molecule has 0 saturated heterocycles. The summed E-state index contributed by atoms with van der Waals surface area (Å²) in [5, 5.41) is 12.1. The molecule has 2 heterocycles. The van der Waals surface area contributed by atoms with Gasteiger partial charge in [-0.1, -0.05) is 23.9 Å². The number of aromatic nitrogens is 4. The average Bonchev–Trinajstić information content (AvgIpc) is 2.95. The van der Waals surface area contributed by atoms with Crippen LogP contribution in [0.15, 0.2) is 34.2 Å². The zero-order valence-electron chi connectivity index (χ0n) is 14.9. The zero-order chi connectivity index (χ0) is 18.4. The highest BCUT2D eigenvalue weighted by atomic mass is 32.2. The molecule has 1 unspecified atom stereocenters. The summed E-state index contributed by atoms with van der Waals surface area (Å²) in [4.78, 5) is 24.8. The van der Waals surface area contributed by atoms with Crippen molar-refractivity contribution >= 4 is 34.3 Å². The number of rotatable bonds is 3. The number of para-hydroxylation sites is 1. The van der Waals surface area contributed by atoms with E-state index in [2.05, 4.69) is 15.5 Å². The number of thioether (sulfide) groups is 1. The fourth-order valence-electron chi connectivity index (χ4n) is 2.57. The Morgan fingerprint density at radius 1 is 1.24 bits per heavy atom. The molecule has 3 rings (SSSR count). The van der Waals surface area contributed by atoms with E-state index < -0.39 is 0 Å². The van der Waals surface area contributed by atoms with Crippen LogP contribution in [0.1, 0.15) is 27.7 Å². The van der Waals surface area contributed by atoms with Gasteiger partial charge in [-0.15, -0.1) is 10.2 Å². The number of aryl methyl sites for hydroxylation is 1.